The van der Waals surface area contributed by atoms with Gasteiger partial charge in [0, 0.05) is 43.0 Å². The normalized spacial score (nSPS) is 19.2. The minimum Gasteiger partial charge on any atom is -0.488 e. The third-order valence-corrected chi connectivity index (χ3v) is 6.30. The maximum Gasteiger partial charge on any atom is 0.132 e. The average molecular weight is 421 g/mol. The van der Waals surface area contributed by atoms with Gasteiger partial charge in [0.15, 0.2) is 0 Å². The minimum absolute atomic E-state index is 0.0189. The average Bonchev–Trinajstić information content (AvgIpc) is 3.52. The molecule has 0 spiro atoms. The fourth-order valence-corrected chi connectivity index (χ4v) is 4.00. The van der Waals surface area contributed by atoms with Crippen LogP contribution in [0, 0.1) is 5.41 Å². The van der Waals surface area contributed by atoms with E-state index < -0.39 is 0 Å². The van der Waals surface area contributed by atoms with Gasteiger partial charge in [0.05, 0.1) is 5.69 Å². The molecule has 2 aliphatic rings. The number of anilines is 2. The molecule has 2 aromatic rings. The van der Waals surface area contributed by atoms with Gasteiger partial charge in [-0.05, 0) is 68.6 Å². The van der Waals surface area contributed by atoms with Crippen molar-refractivity contribution in [1.82, 2.24) is 15.3 Å². The molecule has 1 aromatic carbocycles. The van der Waals surface area contributed by atoms with Crippen LogP contribution >= 0.6 is 0 Å². The summed E-state index contributed by atoms with van der Waals surface area (Å²) < 4.78 is 6.14. The maximum absolute atomic E-state index is 7.06. The molecule has 0 radical (unpaired) electrons. The summed E-state index contributed by atoms with van der Waals surface area (Å²) in [5.41, 5.74) is 9.05. The molecular weight excluding hydrogens is 388 g/mol. The third kappa shape index (κ3) is 5.16. The third-order valence-electron chi connectivity index (χ3n) is 6.30. The second-order valence-electron chi connectivity index (χ2n) is 8.82. The Hall–Kier alpha value is -3.09. The monoisotopic (exact) mass is 420 g/mol. The number of rotatable bonds is 8. The molecule has 4 N–H and O–H groups in total. The number of nitrogens with zero attached hydrogens (tertiary/aromatic N) is 3. The van der Waals surface area contributed by atoms with E-state index in [1.54, 1.807) is 12.4 Å². The van der Waals surface area contributed by atoms with Crippen molar-refractivity contribution in [1.29, 1.82) is 5.41 Å². The van der Waals surface area contributed by atoms with Gasteiger partial charge < -0.3 is 26.1 Å². The predicted molar refractivity (Wildman–Crippen MR) is 125 cm³/mol. The summed E-state index contributed by atoms with van der Waals surface area (Å²) in [4.78, 5) is 11.4. The molecule has 164 valence electrons. The molecule has 1 aromatic heterocycles. The van der Waals surface area contributed by atoms with Gasteiger partial charge in [0.2, 0.25) is 0 Å². The number of hydrogen-bond acceptors (Lipinski definition) is 7. The van der Waals surface area contributed by atoms with Gasteiger partial charge in [-0.2, -0.15) is 0 Å². The second-order valence-corrected chi connectivity index (χ2v) is 8.82. The molecule has 1 saturated carbocycles. The first-order chi connectivity index (χ1) is 15.0. The molecule has 1 aliphatic heterocycles. The Morgan fingerprint density at radius 3 is 2.74 bits per heavy atom. The topological polar surface area (TPSA) is 100 Å². The highest BCUT2D eigenvalue weighted by Gasteiger charge is 2.40. The lowest BCUT2D eigenvalue weighted by atomic mass is 9.95. The largest absolute Gasteiger partial charge is 0.488 e. The summed E-state index contributed by atoms with van der Waals surface area (Å²) in [5, 5.41) is 10.4. The first-order valence-corrected chi connectivity index (χ1v) is 11.0. The molecule has 0 amide bonds. The van der Waals surface area contributed by atoms with Crippen molar-refractivity contribution in [2.24, 2.45) is 0 Å². The number of piperidine rings is 1. The molecule has 1 atom stereocenters. The van der Waals surface area contributed by atoms with Crippen LogP contribution in [0.5, 0.6) is 5.75 Å². The smallest absolute Gasteiger partial charge is 0.132 e. The number of ether oxygens (including phenoxy) is 1. The fraction of sp³-hybridized carbons (Fsp3) is 0.458. The van der Waals surface area contributed by atoms with Gasteiger partial charge in [-0.25, -0.2) is 9.97 Å². The molecule has 1 unspecified atom stereocenters. The van der Waals surface area contributed by atoms with Gasteiger partial charge >= 0.3 is 0 Å². The molecule has 0 bridgehead atoms. The van der Waals surface area contributed by atoms with Crippen molar-refractivity contribution in [3.05, 3.63) is 54.1 Å². The van der Waals surface area contributed by atoms with Gasteiger partial charge in [-0.3, -0.25) is 0 Å². The van der Waals surface area contributed by atoms with Gasteiger partial charge in [0.1, 0.15) is 23.5 Å². The minimum atomic E-state index is -0.0189. The summed E-state index contributed by atoms with van der Waals surface area (Å²) in [6.45, 7) is 6.15. The summed E-state index contributed by atoms with van der Waals surface area (Å²) in [7, 11) is 0. The number of nitrogens with two attached hydrogens (primary N) is 1. The Morgan fingerprint density at radius 2 is 2.03 bits per heavy atom. The molecule has 1 saturated heterocycles. The highest BCUT2D eigenvalue weighted by atomic mass is 16.5. The van der Waals surface area contributed by atoms with Crippen molar-refractivity contribution in [3.63, 3.8) is 0 Å². The van der Waals surface area contributed by atoms with Crippen molar-refractivity contribution < 1.29 is 4.74 Å². The number of nitrogens with one attached hydrogen (secondary N) is 2. The highest BCUT2D eigenvalue weighted by molar-refractivity contribution is 5.67. The summed E-state index contributed by atoms with van der Waals surface area (Å²) in [5.74, 6) is 1.88. The zero-order chi connectivity index (χ0) is 21.8. The standard InChI is InChI=1S/C24H32N6O/c1-17(20-14-19(4-5-21(20)26)31-24(2)8-9-24)22-15-23(29-16-28-22)30-12-6-18(7-13-30)27-11-3-10-25/h3-5,10-11,14-18,25,27H,6-9,12-13,26H2,1-2H3/b11-3-,25-10?. The van der Waals surface area contributed by atoms with Gasteiger partial charge in [0.25, 0.3) is 0 Å². The molecule has 2 heterocycles. The summed E-state index contributed by atoms with van der Waals surface area (Å²) >= 11 is 0. The number of allylic oxidation sites excluding steroid dienone is 1. The van der Waals surface area contributed by atoms with E-state index in [2.05, 4.69) is 46.2 Å². The lowest BCUT2D eigenvalue weighted by Crippen LogP contribution is -2.41. The highest BCUT2D eigenvalue weighted by Crippen LogP contribution is 2.41. The van der Waals surface area contributed by atoms with Crippen LogP contribution in [0.2, 0.25) is 0 Å². The van der Waals surface area contributed by atoms with Crippen LogP contribution in [0.4, 0.5) is 11.5 Å². The van der Waals surface area contributed by atoms with Gasteiger partial charge in [-0.15, -0.1) is 0 Å². The van der Waals surface area contributed by atoms with Crippen LogP contribution in [-0.2, 0) is 0 Å². The van der Waals surface area contributed by atoms with E-state index in [0.29, 0.717) is 6.04 Å². The Labute approximate surface area is 184 Å². The Bertz CT molecular complexity index is 947. The quantitative estimate of drug-likeness (QED) is 0.443. The molecule has 4 rings (SSSR count). The first-order valence-electron chi connectivity index (χ1n) is 11.0. The molecule has 7 nitrogen and oxygen atoms in total. The van der Waals surface area contributed by atoms with E-state index in [9.17, 15) is 0 Å². The van der Waals surface area contributed by atoms with Crippen molar-refractivity contribution in [2.45, 2.75) is 57.1 Å². The molecule has 2 fully saturated rings. The van der Waals surface area contributed by atoms with Crippen LogP contribution in [0.25, 0.3) is 0 Å². The van der Waals surface area contributed by atoms with Crippen molar-refractivity contribution in [2.75, 3.05) is 23.7 Å². The number of benzene rings is 1. The Kier molecular flexibility index (Phi) is 6.11. The van der Waals surface area contributed by atoms with E-state index in [0.717, 1.165) is 67.3 Å². The molecule has 31 heavy (non-hydrogen) atoms. The Balaban J connectivity index is 1.45. The number of nitrogen functional groups attached to an aromatic ring is 1. The lowest BCUT2D eigenvalue weighted by Gasteiger charge is -2.33. The summed E-state index contributed by atoms with van der Waals surface area (Å²) in [6, 6.07) is 8.46. The van der Waals surface area contributed by atoms with E-state index in [1.807, 2.05) is 18.3 Å². The molecular formula is C24H32N6O. The van der Waals surface area contributed by atoms with Crippen molar-refractivity contribution in [3.8, 4) is 5.75 Å². The van der Waals surface area contributed by atoms with E-state index >= 15 is 0 Å². The maximum atomic E-state index is 7.06. The number of hydrogen-bond donors (Lipinski definition) is 3. The Morgan fingerprint density at radius 1 is 1.26 bits per heavy atom. The second kappa shape index (κ2) is 8.96. The van der Waals surface area contributed by atoms with Crippen LogP contribution in [-0.4, -0.2) is 40.9 Å². The number of aromatic nitrogens is 2. The fourth-order valence-electron chi connectivity index (χ4n) is 4.00. The molecule has 7 heteroatoms. The zero-order valence-electron chi connectivity index (χ0n) is 18.3. The molecule has 1 aliphatic carbocycles. The van der Waals surface area contributed by atoms with Gasteiger partial charge in [-0.1, -0.05) is 6.92 Å². The van der Waals surface area contributed by atoms with Crippen molar-refractivity contribution >= 4 is 17.7 Å². The van der Waals surface area contributed by atoms with E-state index in [-0.39, 0.29) is 11.5 Å². The summed E-state index contributed by atoms with van der Waals surface area (Å²) in [6.07, 6.45) is 10.8. The zero-order valence-corrected chi connectivity index (χ0v) is 18.3. The van der Waals surface area contributed by atoms with E-state index in [4.69, 9.17) is 15.9 Å². The SMILES string of the molecule is CC(c1cc(N2CCC(N/C=C\C=N)CC2)ncn1)c1cc(OC2(C)CC2)ccc1N. The van der Waals surface area contributed by atoms with E-state index in [1.165, 1.54) is 6.21 Å². The van der Waals surface area contributed by atoms with Crippen LogP contribution in [0.3, 0.4) is 0 Å². The van der Waals surface area contributed by atoms with Crippen LogP contribution < -0.4 is 20.7 Å². The van der Waals surface area contributed by atoms with Crippen LogP contribution in [0.1, 0.15) is 56.7 Å². The first kappa shape index (κ1) is 21.2. The van der Waals surface area contributed by atoms with Crippen LogP contribution in [0.15, 0.2) is 42.9 Å². The predicted octanol–water partition coefficient (Wildman–Crippen LogP) is 3.86. The lowest BCUT2D eigenvalue weighted by molar-refractivity contribution is 0.200.